The minimum atomic E-state index is -0.154. The third-order valence-corrected chi connectivity index (χ3v) is 2.78. The first-order chi connectivity index (χ1) is 8.35. The van der Waals surface area contributed by atoms with Gasteiger partial charge in [-0.1, -0.05) is 12.1 Å². The molecule has 0 aliphatic carbocycles. The van der Waals surface area contributed by atoms with Gasteiger partial charge in [-0.3, -0.25) is 4.40 Å². The lowest BCUT2D eigenvalue weighted by Gasteiger charge is -2.08. The summed E-state index contributed by atoms with van der Waals surface area (Å²) in [5.74, 6) is 1.25. The molecule has 3 rings (SSSR count). The lowest BCUT2D eigenvalue weighted by Crippen LogP contribution is -1.98. The van der Waals surface area contributed by atoms with E-state index in [1.807, 2.05) is 34.7 Å². The van der Waals surface area contributed by atoms with Gasteiger partial charge in [0.2, 0.25) is 0 Å². The number of pyridine rings is 1. The predicted molar refractivity (Wildman–Crippen MR) is 63.0 cm³/mol. The molecule has 0 atom stereocenters. The van der Waals surface area contributed by atoms with E-state index >= 15 is 0 Å². The van der Waals surface area contributed by atoms with Crippen molar-refractivity contribution in [3.63, 3.8) is 0 Å². The van der Waals surface area contributed by atoms with Gasteiger partial charge in [-0.2, -0.15) is 0 Å². The van der Waals surface area contributed by atoms with Crippen LogP contribution in [0.15, 0.2) is 30.3 Å². The molecule has 2 heterocycles. The maximum atomic E-state index is 9.28. The average molecular weight is 229 g/mol. The zero-order chi connectivity index (χ0) is 11.8. The Morgan fingerprint density at radius 3 is 2.88 bits per heavy atom. The van der Waals surface area contributed by atoms with Crippen LogP contribution in [0, 0.1) is 0 Å². The molecular weight excluding hydrogens is 218 g/mol. The zero-order valence-electron chi connectivity index (χ0n) is 9.29. The van der Waals surface area contributed by atoms with Crippen LogP contribution in [0.25, 0.3) is 16.6 Å². The Morgan fingerprint density at radius 2 is 2.12 bits per heavy atom. The second-order valence-electron chi connectivity index (χ2n) is 3.70. The second-order valence-corrected chi connectivity index (χ2v) is 3.70. The number of hydrogen-bond donors (Lipinski definition) is 1. The largest absolute Gasteiger partial charge is 0.495 e. The van der Waals surface area contributed by atoms with Crippen LogP contribution in [0.5, 0.6) is 5.75 Å². The fraction of sp³-hybridized carbons (Fsp3) is 0.167. The van der Waals surface area contributed by atoms with Crippen molar-refractivity contribution in [1.29, 1.82) is 0 Å². The minimum absolute atomic E-state index is 0.154. The summed E-state index contributed by atoms with van der Waals surface area (Å²) < 4.78 is 7.16. The highest BCUT2D eigenvalue weighted by atomic mass is 16.5. The van der Waals surface area contributed by atoms with E-state index < -0.39 is 0 Å². The topological polar surface area (TPSA) is 59.7 Å². The summed E-state index contributed by atoms with van der Waals surface area (Å²) in [6, 6.07) is 9.62. The smallest absolute Gasteiger partial charge is 0.163 e. The summed E-state index contributed by atoms with van der Waals surface area (Å²) in [7, 11) is 1.62. The number of benzene rings is 1. The van der Waals surface area contributed by atoms with Crippen molar-refractivity contribution in [2.75, 3.05) is 7.11 Å². The summed E-state index contributed by atoms with van der Waals surface area (Å²) >= 11 is 0. The Kier molecular flexibility index (Phi) is 2.19. The molecule has 86 valence electrons. The molecule has 1 aromatic carbocycles. The molecule has 0 aliphatic rings. The molecule has 1 N–H and O–H groups in total. The Labute approximate surface area is 97.3 Å². The molecule has 0 spiro atoms. The molecule has 17 heavy (non-hydrogen) atoms. The number of aromatic nitrogens is 3. The summed E-state index contributed by atoms with van der Waals surface area (Å²) in [6.07, 6.45) is 0. The number of nitrogens with zero attached hydrogens (tertiary/aromatic N) is 3. The fourth-order valence-corrected chi connectivity index (χ4v) is 2.03. The van der Waals surface area contributed by atoms with Crippen LogP contribution in [0.1, 0.15) is 5.82 Å². The van der Waals surface area contributed by atoms with Crippen LogP contribution in [-0.4, -0.2) is 26.8 Å². The van der Waals surface area contributed by atoms with Gasteiger partial charge in [-0.05, 0) is 18.2 Å². The van der Waals surface area contributed by atoms with Crippen LogP contribution in [0.2, 0.25) is 0 Å². The molecular formula is C12H11N3O2. The maximum Gasteiger partial charge on any atom is 0.163 e. The molecule has 0 fully saturated rings. The lowest BCUT2D eigenvalue weighted by atomic mass is 10.2. The van der Waals surface area contributed by atoms with E-state index in [0.29, 0.717) is 11.5 Å². The van der Waals surface area contributed by atoms with Gasteiger partial charge in [0, 0.05) is 5.39 Å². The number of para-hydroxylation sites is 1. The van der Waals surface area contributed by atoms with Crippen LogP contribution in [-0.2, 0) is 6.61 Å². The summed E-state index contributed by atoms with van der Waals surface area (Å²) in [5.41, 5.74) is 1.58. The number of methoxy groups -OCH3 is 1. The lowest BCUT2D eigenvalue weighted by molar-refractivity contribution is 0.270. The quantitative estimate of drug-likeness (QED) is 0.721. The number of ether oxygens (including phenoxy) is 1. The second kappa shape index (κ2) is 3.71. The molecule has 0 amide bonds. The monoisotopic (exact) mass is 229 g/mol. The van der Waals surface area contributed by atoms with E-state index in [-0.39, 0.29) is 6.61 Å². The first-order valence-electron chi connectivity index (χ1n) is 5.25. The van der Waals surface area contributed by atoms with Crippen molar-refractivity contribution in [2.45, 2.75) is 6.61 Å². The van der Waals surface area contributed by atoms with Gasteiger partial charge in [-0.25, -0.2) is 0 Å². The molecule has 3 aromatic rings. The number of rotatable bonds is 2. The standard InChI is InChI=1S/C12H11N3O2/c1-17-9-4-2-3-8-5-6-10-13-14-11(7-16)15(10)12(8)9/h2-6,16H,7H2,1H3. The van der Waals surface area contributed by atoms with Gasteiger partial charge in [0.05, 0.1) is 12.6 Å². The Hall–Kier alpha value is -2.14. The van der Waals surface area contributed by atoms with E-state index in [9.17, 15) is 5.11 Å². The molecule has 5 heteroatoms. The molecule has 2 aromatic heterocycles. The van der Waals surface area contributed by atoms with Crippen molar-refractivity contribution in [3.8, 4) is 5.75 Å². The zero-order valence-corrected chi connectivity index (χ0v) is 9.29. The molecule has 0 aliphatic heterocycles. The average Bonchev–Trinajstić information content (AvgIpc) is 2.81. The molecule has 0 unspecified atom stereocenters. The minimum Gasteiger partial charge on any atom is -0.495 e. The van der Waals surface area contributed by atoms with E-state index in [1.165, 1.54) is 0 Å². The molecule has 0 saturated carbocycles. The number of aliphatic hydroxyl groups excluding tert-OH is 1. The highest BCUT2D eigenvalue weighted by Gasteiger charge is 2.11. The van der Waals surface area contributed by atoms with Crippen molar-refractivity contribution < 1.29 is 9.84 Å². The number of fused-ring (bicyclic) bond motifs is 3. The van der Waals surface area contributed by atoms with Crippen molar-refractivity contribution in [3.05, 3.63) is 36.2 Å². The van der Waals surface area contributed by atoms with E-state index in [4.69, 9.17) is 4.74 Å². The fourth-order valence-electron chi connectivity index (χ4n) is 2.03. The van der Waals surface area contributed by atoms with Crippen LogP contribution >= 0.6 is 0 Å². The first kappa shape index (κ1) is 10.0. The maximum absolute atomic E-state index is 9.28. The van der Waals surface area contributed by atoms with Gasteiger partial charge in [0.1, 0.15) is 12.4 Å². The first-order valence-corrected chi connectivity index (χ1v) is 5.25. The Bertz CT molecular complexity index is 691. The van der Waals surface area contributed by atoms with Gasteiger partial charge in [-0.15, -0.1) is 10.2 Å². The highest BCUT2D eigenvalue weighted by Crippen LogP contribution is 2.26. The number of aliphatic hydroxyl groups is 1. The Morgan fingerprint density at radius 1 is 1.24 bits per heavy atom. The van der Waals surface area contributed by atoms with Crippen molar-refractivity contribution >= 4 is 16.6 Å². The summed E-state index contributed by atoms with van der Waals surface area (Å²) in [4.78, 5) is 0. The summed E-state index contributed by atoms with van der Waals surface area (Å²) in [6.45, 7) is -0.154. The van der Waals surface area contributed by atoms with Crippen molar-refractivity contribution in [1.82, 2.24) is 14.6 Å². The van der Waals surface area contributed by atoms with Gasteiger partial charge in [0.25, 0.3) is 0 Å². The molecule has 0 bridgehead atoms. The third-order valence-electron chi connectivity index (χ3n) is 2.78. The van der Waals surface area contributed by atoms with Gasteiger partial charge >= 0.3 is 0 Å². The van der Waals surface area contributed by atoms with Crippen molar-refractivity contribution in [2.24, 2.45) is 0 Å². The van der Waals surface area contributed by atoms with Crippen LogP contribution in [0.3, 0.4) is 0 Å². The summed E-state index contributed by atoms with van der Waals surface area (Å²) in [5, 5.41) is 18.3. The molecule has 0 radical (unpaired) electrons. The highest BCUT2D eigenvalue weighted by molar-refractivity contribution is 5.87. The van der Waals surface area contributed by atoms with E-state index in [2.05, 4.69) is 10.2 Å². The third kappa shape index (κ3) is 1.36. The molecule has 5 nitrogen and oxygen atoms in total. The predicted octanol–water partition coefficient (Wildman–Crippen LogP) is 1.38. The van der Waals surface area contributed by atoms with Crippen LogP contribution in [0.4, 0.5) is 0 Å². The normalized spacial score (nSPS) is 11.2. The van der Waals surface area contributed by atoms with Gasteiger partial charge < -0.3 is 9.84 Å². The SMILES string of the molecule is COc1cccc2ccc3nnc(CO)n3c12. The number of hydrogen-bond acceptors (Lipinski definition) is 4. The van der Waals surface area contributed by atoms with Gasteiger partial charge in [0.15, 0.2) is 11.5 Å². The van der Waals surface area contributed by atoms with E-state index in [0.717, 1.165) is 16.7 Å². The van der Waals surface area contributed by atoms with Crippen LogP contribution < -0.4 is 4.74 Å². The Balaban J connectivity index is 2.55. The van der Waals surface area contributed by atoms with E-state index in [1.54, 1.807) is 7.11 Å². The molecule has 0 saturated heterocycles.